The van der Waals surface area contributed by atoms with Crippen LogP contribution in [0.5, 0.6) is 11.5 Å². The maximum Gasteiger partial charge on any atom is 0.314 e. The summed E-state index contributed by atoms with van der Waals surface area (Å²) in [4.78, 5) is 24.1. The van der Waals surface area contributed by atoms with Crippen molar-refractivity contribution in [2.24, 2.45) is 0 Å². The number of hydrogen-bond donors (Lipinski definition) is 2. The molecule has 136 valence electrons. The Morgan fingerprint density at radius 1 is 0.704 bits per heavy atom. The fourth-order valence-corrected chi connectivity index (χ4v) is 2.43. The zero-order chi connectivity index (χ0) is 19.1. The molecule has 0 unspecified atom stereocenters. The van der Waals surface area contributed by atoms with Crippen molar-refractivity contribution < 1.29 is 14.3 Å². The number of ether oxygens (including phenoxy) is 1. The number of carbonyl (C=O) groups excluding carboxylic acids is 2. The van der Waals surface area contributed by atoms with Crippen LogP contribution in [0, 0.1) is 0 Å². The summed E-state index contributed by atoms with van der Waals surface area (Å²) in [6.45, 7) is 2.05. The van der Waals surface area contributed by atoms with Crippen LogP contribution in [0.2, 0.25) is 0 Å². The standard InChI is InChI=1S/C22H20N2O3/c1-2-16-8-10-17(11-9-16)23-21(25)22(26)24-18-12-14-20(15-13-18)27-19-6-4-3-5-7-19/h3-15H,2H2,1H3,(H,23,25)(H,24,26). The number of anilines is 2. The maximum absolute atomic E-state index is 12.1. The lowest BCUT2D eigenvalue weighted by Gasteiger charge is -2.09. The van der Waals surface area contributed by atoms with E-state index in [0.717, 1.165) is 17.7 Å². The SMILES string of the molecule is CCc1ccc(NC(=O)C(=O)Nc2ccc(Oc3ccccc3)cc2)cc1. The van der Waals surface area contributed by atoms with E-state index < -0.39 is 11.8 Å². The Balaban J connectivity index is 1.55. The van der Waals surface area contributed by atoms with Gasteiger partial charge >= 0.3 is 11.8 Å². The molecule has 0 aliphatic rings. The summed E-state index contributed by atoms with van der Waals surface area (Å²) in [5, 5.41) is 5.15. The van der Waals surface area contributed by atoms with Gasteiger partial charge in [-0.15, -0.1) is 0 Å². The normalized spacial score (nSPS) is 10.1. The largest absolute Gasteiger partial charge is 0.457 e. The number of carbonyl (C=O) groups is 2. The first-order chi connectivity index (χ1) is 13.1. The average Bonchev–Trinajstić information content (AvgIpc) is 2.71. The third kappa shape index (κ3) is 5.19. The number of amides is 2. The molecule has 3 aromatic rings. The summed E-state index contributed by atoms with van der Waals surface area (Å²) >= 11 is 0. The van der Waals surface area contributed by atoms with Crippen LogP contribution in [-0.4, -0.2) is 11.8 Å². The van der Waals surface area contributed by atoms with Crippen LogP contribution in [0.25, 0.3) is 0 Å². The van der Waals surface area contributed by atoms with E-state index in [2.05, 4.69) is 17.6 Å². The molecule has 0 saturated heterocycles. The number of nitrogens with one attached hydrogen (secondary N) is 2. The lowest BCUT2D eigenvalue weighted by atomic mass is 10.1. The Labute approximate surface area is 158 Å². The van der Waals surface area contributed by atoms with Gasteiger partial charge in [0.05, 0.1) is 0 Å². The predicted octanol–water partition coefficient (Wildman–Crippen LogP) is 4.62. The topological polar surface area (TPSA) is 67.4 Å². The number of rotatable bonds is 5. The minimum Gasteiger partial charge on any atom is -0.457 e. The second-order valence-corrected chi connectivity index (χ2v) is 5.90. The number of hydrogen-bond acceptors (Lipinski definition) is 3. The smallest absolute Gasteiger partial charge is 0.314 e. The summed E-state index contributed by atoms with van der Waals surface area (Å²) in [6, 6.07) is 23.6. The molecule has 0 radical (unpaired) electrons. The molecule has 0 aliphatic carbocycles. The summed E-state index contributed by atoms with van der Waals surface area (Å²) in [7, 11) is 0. The second kappa shape index (κ2) is 8.67. The van der Waals surface area contributed by atoms with Gasteiger partial charge in [0, 0.05) is 11.4 Å². The van der Waals surface area contributed by atoms with E-state index in [0.29, 0.717) is 17.1 Å². The molecular formula is C22H20N2O3. The molecule has 5 heteroatoms. The Kier molecular flexibility index (Phi) is 5.84. The molecule has 3 rings (SSSR count). The quantitative estimate of drug-likeness (QED) is 0.653. The van der Waals surface area contributed by atoms with Gasteiger partial charge in [-0.1, -0.05) is 37.3 Å². The monoisotopic (exact) mass is 360 g/mol. The molecule has 0 spiro atoms. The van der Waals surface area contributed by atoms with Gasteiger partial charge in [0.15, 0.2) is 0 Å². The van der Waals surface area contributed by atoms with Gasteiger partial charge in [-0.2, -0.15) is 0 Å². The van der Waals surface area contributed by atoms with Crippen LogP contribution in [0.15, 0.2) is 78.9 Å². The van der Waals surface area contributed by atoms with Gasteiger partial charge in [-0.3, -0.25) is 9.59 Å². The van der Waals surface area contributed by atoms with E-state index in [9.17, 15) is 9.59 Å². The van der Waals surface area contributed by atoms with Gasteiger partial charge in [0.1, 0.15) is 11.5 Å². The van der Waals surface area contributed by atoms with Crippen molar-refractivity contribution in [2.45, 2.75) is 13.3 Å². The highest BCUT2D eigenvalue weighted by Crippen LogP contribution is 2.22. The van der Waals surface area contributed by atoms with Gasteiger partial charge in [0.25, 0.3) is 0 Å². The van der Waals surface area contributed by atoms with Crippen molar-refractivity contribution in [2.75, 3.05) is 10.6 Å². The van der Waals surface area contributed by atoms with Gasteiger partial charge in [0.2, 0.25) is 0 Å². The lowest BCUT2D eigenvalue weighted by molar-refractivity contribution is -0.132. The van der Waals surface area contributed by atoms with E-state index in [1.54, 1.807) is 36.4 Å². The van der Waals surface area contributed by atoms with Crippen molar-refractivity contribution in [1.82, 2.24) is 0 Å². The summed E-state index contributed by atoms with van der Waals surface area (Å²) < 4.78 is 5.69. The van der Waals surface area contributed by atoms with Crippen LogP contribution in [0.3, 0.4) is 0 Å². The third-order valence-electron chi connectivity index (χ3n) is 3.92. The Morgan fingerprint density at radius 2 is 1.19 bits per heavy atom. The van der Waals surface area contributed by atoms with Crippen LogP contribution in [-0.2, 0) is 16.0 Å². The zero-order valence-corrected chi connectivity index (χ0v) is 14.9. The Bertz CT molecular complexity index is 905. The summed E-state index contributed by atoms with van der Waals surface area (Å²) in [5.41, 5.74) is 2.26. The van der Waals surface area contributed by atoms with Crippen molar-refractivity contribution in [3.63, 3.8) is 0 Å². The molecule has 0 fully saturated rings. The summed E-state index contributed by atoms with van der Waals surface area (Å²) in [5.74, 6) is -0.0856. The van der Waals surface area contributed by atoms with E-state index >= 15 is 0 Å². The van der Waals surface area contributed by atoms with E-state index in [1.165, 1.54) is 0 Å². The molecule has 27 heavy (non-hydrogen) atoms. The van der Waals surface area contributed by atoms with Crippen LogP contribution in [0.4, 0.5) is 11.4 Å². The first-order valence-electron chi connectivity index (χ1n) is 8.68. The summed E-state index contributed by atoms with van der Waals surface area (Å²) in [6.07, 6.45) is 0.915. The van der Waals surface area contributed by atoms with Crippen LogP contribution in [0.1, 0.15) is 12.5 Å². The fraction of sp³-hybridized carbons (Fsp3) is 0.0909. The number of benzene rings is 3. The number of para-hydroxylation sites is 1. The molecule has 0 atom stereocenters. The highest BCUT2D eigenvalue weighted by molar-refractivity contribution is 6.43. The predicted molar refractivity (Wildman–Crippen MR) is 106 cm³/mol. The van der Waals surface area contributed by atoms with Crippen LogP contribution < -0.4 is 15.4 Å². The minimum atomic E-state index is -0.730. The minimum absolute atomic E-state index is 0.511. The Hall–Kier alpha value is -3.60. The van der Waals surface area contributed by atoms with Crippen molar-refractivity contribution >= 4 is 23.2 Å². The zero-order valence-electron chi connectivity index (χ0n) is 14.9. The van der Waals surface area contributed by atoms with Gasteiger partial charge < -0.3 is 15.4 Å². The van der Waals surface area contributed by atoms with Gasteiger partial charge in [-0.25, -0.2) is 0 Å². The van der Waals surface area contributed by atoms with Crippen LogP contribution >= 0.6 is 0 Å². The van der Waals surface area contributed by atoms with E-state index in [4.69, 9.17) is 4.74 Å². The Morgan fingerprint density at radius 3 is 1.70 bits per heavy atom. The fourth-order valence-electron chi connectivity index (χ4n) is 2.43. The molecule has 0 aromatic heterocycles. The first-order valence-corrected chi connectivity index (χ1v) is 8.68. The molecule has 0 heterocycles. The molecule has 0 saturated carbocycles. The van der Waals surface area contributed by atoms with Crippen molar-refractivity contribution in [1.29, 1.82) is 0 Å². The second-order valence-electron chi connectivity index (χ2n) is 5.90. The van der Waals surface area contributed by atoms with Crippen molar-refractivity contribution in [3.05, 3.63) is 84.4 Å². The molecular weight excluding hydrogens is 340 g/mol. The highest BCUT2D eigenvalue weighted by atomic mass is 16.5. The molecule has 2 amide bonds. The molecule has 3 aromatic carbocycles. The molecule has 2 N–H and O–H groups in total. The first kappa shape index (κ1) is 18.2. The molecule has 5 nitrogen and oxygen atoms in total. The maximum atomic E-state index is 12.1. The third-order valence-corrected chi connectivity index (χ3v) is 3.92. The van der Waals surface area contributed by atoms with Gasteiger partial charge in [-0.05, 0) is 60.5 Å². The average molecular weight is 360 g/mol. The highest BCUT2D eigenvalue weighted by Gasteiger charge is 2.14. The molecule has 0 aliphatic heterocycles. The molecule has 0 bridgehead atoms. The van der Waals surface area contributed by atoms with Crippen molar-refractivity contribution in [3.8, 4) is 11.5 Å². The van der Waals surface area contributed by atoms with E-state index in [1.807, 2.05) is 42.5 Å². The lowest BCUT2D eigenvalue weighted by Crippen LogP contribution is -2.29. The van der Waals surface area contributed by atoms with E-state index in [-0.39, 0.29) is 0 Å². The number of aryl methyl sites for hydroxylation is 1.